The van der Waals surface area contributed by atoms with Crippen molar-refractivity contribution in [1.29, 1.82) is 0 Å². The summed E-state index contributed by atoms with van der Waals surface area (Å²) in [5, 5.41) is 3.93. The first kappa shape index (κ1) is 22.1. The van der Waals surface area contributed by atoms with Gasteiger partial charge in [-0.2, -0.15) is 13.2 Å². The van der Waals surface area contributed by atoms with Crippen LogP contribution in [-0.4, -0.2) is 47.9 Å². The summed E-state index contributed by atoms with van der Waals surface area (Å²) in [6.45, 7) is 0.501. The summed E-state index contributed by atoms with van der Waals surface area (Å²) in [6, 6.07) is -0.264. The maximum absolute atomic E-state index is 13.4. The van der Waals surface area contributed by atoms with Crippen LogP contribution < -0.4 is 10.6 Å². The molecule has 1 aliphatic heterocycles. The van der Waals surface area contributed by atoms with Gasteiger partial charge < -0.3 is 15.5 Å². The largest absolute Gasteiger partial charge is 0.408 e. The van der Waals surface area contributed by atoms with Gasteiger partial charge in [-0.25, -0.2) is 8.78 Å². The summed E-state index contributed by atoms with van der Waals surface area (Å²) in [4.78, 5) is 36.9. The Hall–Kier alpha value is -2.24. The van der Waals surface area contributed by atoms with Crippen molar-refractivity contribution in [2.45, 2.75) is 25.6 Å². The van der Waals surface area contributed by atoms with E-state index in [4.69, 9.17) is 0 Å². The molecule has 1 saturated heterocycles. The van der Waals surface area contributed by atoms with Gasteiger partial charge in [-0.15, -0.1) is 0 Å². The van der Waals surface area contributed by atoms with E-state index >= 15 is 0 Å². The van der Waals surface area contributed by atoms with Crippen molar-refractivity contribution in [1.82, 2.24) is 10.2 Å². The molecular weight excluding hydrogens is 457 g/mol. The average Bonchev–Trinajstić information content (AvgIpc) is 3.08. The number of halogens is 6. The number of likely N-dealkylation sites (tertiary alicyclic amines) is 1. The minimum atomic E-state index is -4.69. The zero-order valence-electron chi connectivity index (χ0n) is 14.4. The van der Waals surface area contributed by atoms with Gasteiger partial charge in [0, 0.05) is 24.8 Å². The van der Waals surface area contributed by atoms with Crippen LogP contribution in [0.3, 0.4) is 0 Å². The molecule has 1 aromatic rings. The van der Waals surface area contributed by atoms with Crippen LogP contribution in [0.1, 0.15) is 13.3 Å². The van der Waals surface area contributed by atoms with Crippen molar-refractivity contribution < 1.29 is 36.3 Å². The number of carbonyl (C=O) groups is 3. The Balaban J connectivity index is 1.94. The van der Waals surface area contributed by atoms with Gasteiger partial charge in [-0.3, -0.25) is 14.4 Å². The van der Waals surface area contributed by atoms with Gasteiger partial charge >= 0.3 is 18.0 Å². The molecule has 2 N–H and O–H groups in total. The number of alkyl halides is 3. The molecule has 154 valence electrons. The third-order valence-electron chi connectivity index (χ3n) is 4.13. The second-order valence-electron chi connectivity index (χ2n) is 6.22. The Morgan fingerprint density at radius 1 is 1.25 bits per heavy atom. The van der Waals surface area contributed by atoms with Gasteiger partial charge in [-0.05, 0) is 35.3 Å². The molecule has 2 rings (SSSR count). The lowest BCUT2D eigenvalue weighted by Crippen LogP contribution is -2.49. The summed E-state index contributed by atoms with van der Waals surface area (Å²) in [5.74, 6) is -6.25. The van der Waals surface area contributed by atoms with Gasteiger partial charge in [0.25, 0.3) is 0 Å². The fourth-order valence-electron chi connectivity index (χ4n) is 2.51. The first-order valence-corrected chi connectivity index (χ1v) is 8.81. The number of hydrogen-bond acceptors (Lipinski definition) is 3. The van der Waals surface area contributed by atoms with Crippen LogP contribution in [-0.2, 0) is 14.4 Å². The smallest absolute Gasteiger partial charge is 0.336 e. The monoisotopic (exact) mass is 471 g/mol. The topological polar surface area (TPSA) is 78.5 Å². The van der Waals surface area contributed by atoms with E-state index < -0.39 is 47.5 Å². The number of benzene rings is 1. The zero-order chi connectivity index (χ0) is 21.2. The predicted octanol–water partition coefficient (Wildman–Crippen LogP) is 2.58. The van der Waals surface area contributed by atoms with E-state index in [9.17, 15) is 36.3 Å². The second kappa shape index (κ2) is 8.41. The quantitative estimate of drug-likeness (QED) is 0.404. The molecule has 6 nitrogen and oxygen atoms in total. The molecule has 0 unspecified atom stereocenters. The molecule has 0 aromatic heterocycles. The molecule has 0 aliphatic carbocycles. The van der Waals surface area contributed by atoms with E-state index in [1.54, 1.807) is 5.32 Å². The van der Waals surface area contributed by atoms with Crippen LogP contribution >= 0.6 is 15.9 Å². The second-order valence-corrected chi connectivity index (χ2v) is 7.07. The minimum absolute atomic E-state index is 0.00773. The van der Waals surface area contributed by atoms with Crippen LogP contribution in [0, 0.1) is 17.6 Å². The lowest BCUT2D eigenvalue weighted by Gasteiger charge is -2.20. The van der Waals surface area contributed by atoms with E-state index in [1.807, 2.05) is 0 Å². The molecule has 1 fully saturated rings. The van der Waals surface area contributed by atoms with E-state index in [-0.39, 0.29) is 29.7 Å². The molecule has 2 atom stereocenters. The maximum Gasteiger partial charge on any atom is 0.408 e. The standard InChI is InChI=1S/C16H15BrF5N3O3/c1-7(16(20,21)22)23-14(27)15(28)25-3-2-8(6-25)13(26)24-9-4-10(17)12(19)11(18)5-9/h4-5,7-8H,2-3,6H2,1H3,(H,23,27)(H,24,26)/t7-,8+/m1/s1. The third kappa shape index (κ3) is 5.18. The number of nitrogens with zero attached hydrogens (tertiary/aromatic N) is 1. The van der Waals surface area contributed by atoms with E-state index in [0.717, 1.165) is 17.0 Å². The van der Waals surface area contributed by atoms with Crippen LogP contribution in [0.15, 0.2) is 16.6 Å². The van der Waals surface area contributed by atoms with E-state index in [0.29, 0.717) is 6.92 Å². The van der Waals surface area contributed by atoms with Crippen LogP contribution in [0.25, 0.3) is 0 Å². The molecule has 1 aromatic carbocycles. The number of nitrogens with one attached hydrogen (secondary N) is 2. The number of hydrogen-bond donors (Lipinski definition) is 2. The highest BCUT2D eigenvalue weighted by atomic mass is 79.9. The highest BCUT2D eigenvalue weighted by Crippen LogP contribution is 2.25. The highest BCUT2D eigenvalue weighted by molar-refractivity contribution is 9.10. The lowest BCUT2D eigenvalue weighted by molar-refractivity contribution is -0.162. The Morgan fingerprint density at radius 3 is 2.46 bits per heavy atom. The molecular formula is C16H15BrF5N3O3. The molecule has 3 amide bonds. The molecule has 28 heavy (non-hydrogen) atoms. The molecule has 1 aliphatic rings. The number of amides is 3. The maximum atomic E-state index is 13.4. The number of carbonyl (C=O) groups excluding carboxylic acids is 3. The number of rotatable bonds is 3. The molecule has 0 bridgehead atoms. The summed E-state index contributed by atoms with van der Waals surface area (Å²) >= 11 is 2.80. The highest BCUT2D eigenvalue weighted by Gasteiger charge is 2.40. The molecule has 1 heterocycles. The third-order valence-corrected chi connectivity index (χ3v) is 4.71. The Kier molecular flexibility index (Phi) is 6.63. The van der Waals surface area contributed by atoms with Crippen molar-refractivity contribution in [2.24, 2.45) is 5.92 Å². The summed E-state index contributed by atoms with van der Waals surface area (Å²) in [6.07, 6.45) is -4.54. The first-order valence-electron chi connectivity index (χ1n) is 8.02. The fraction of sp³-hybridized carbons (Fsp3) is 0.438. The molecule has 0 spiro atoms. The molecule has 0 saturated carbocycles. The van der Waals surface area contributed by atoms with Gasteiger partial charge in [0.2, 0.25) is 5.91 Å². The minimum Gasteiger partial charge on any atom is -0.336 e. The van der Waals surface area contributed by atoms with E-state index in [1.165, 1.54) is 0 Å². The zero-order valence-corrected chi connectivity index (χ0v) is 16.0. The first-order chi connectivity index (χ1) is 12.9. The van der Waals surface area contributed by atoms with Gasteiger partial charge in [0.05, 0.1) is 10.4 Å². The lowest BCUT2D eigenvalue weighted by atomic mass is 10.1. The van der Waals surface area contributed by atoms with Gasteiger partial charge in [0.15, 0.2) is 11.6 Å². The van der Waals surface area contributed by atoms with Crippen LogP contribution in [0.5, 0.6) is 0 Å². The van der Waals surface area contributed by atoms with Crippen LogP contribution in [0.2, 0.25) is 0 Å². The Morgan fingerprint density at radius 2 is 1.89 bits per heavy atom. The summed E-state index contributed by atoms with van der Waals surface area (Å²) in [7, 11) is 0. The van der Waals surface area contributed by atoms with Crippen LogP contribution in [0.4, 0.5) is 27.6 Å². The van der Waals surface area contributed by atoms with Crippen molar-refractivity contribution in [2.75, 3.05) is 18.4 Å². The Bertz CT molecular complexity index is 779. The normalized spacial score (nSPS) is 18.0. The SMILES string of the molecule is C[C@@H](NC(=O)C(=O)N1CC[C@H](C(=O)Nc2cc(F)c(F)c(Br)c2)C1)C(F)(F)F. The Labute approximate surface area is 164 Å². The van der Waals surface area contributed by atoms with Gasteiger partial charge in [0.1, 0.15) is 6.04 Å². The van der Waals surface area contributed by atoms with Crippen molar-refractivity contribution >= 4 is 39.3 Å². The average molecular weight is 472 g/mol. The fourth-order valence-corrected chi connectivity index (χ4v) is 2.95. The molecule has 12 heteroatoms. The van der Waals surface area contributed by atoms with Crippen molar-refractivity contribution in [3.05, 3.63) is 28.2 Å². The summed E-state index contributed by atoms with van der Waals surface area (Å²) in [5.41, 5.74) is -0.0164. The van der Waals surface area contributed by atoms with E-state index in [2.05, 4.69) is 21.2 Å². The van der Waals surface area contributed by atoms with Gasteiger partial charge in [-0.1, -0.05) is 0 Å². The number of anilines is 1. The molecule has 0 radical (unpaired) electrons. The van der Waals surface area contributed by atoms with Crippen molar-refractivity contribution in [3.63, 3.8) is 0 Å². The predicted molar refractivity (Wildman–Crippen MR) is 91.0 cm³/mol. The summed E-state index contributed by atoms with van der Waals surface area (Å²) < 4.78 is 63.8. The van der Waals surface area contributed by atoms with Crippen molar-refractivity contribution in [3.8, 4) is 0 Å².